The lowest BCUT2D eigenvalue weighted by Gasteiger charge is -2.18. The van der Waals surface area contributed by atoms with Crippen LogP contribution in [0.2, 0.25) is 0 Å². The van der Waals surface area contributed by atoms with Crippen molar-refractivity contribution in [1.29, 1.82) is 0 Å². The van der Waals surface area contributed by atoms with E-state index in [2.05, 4.69) is 15.5 Å². The molecule has 0 atom stereocenters. The zero-order chi connectivity index (χ0) is 16.4. The van der Waals surface area contributed by atoms with Crippen molar-refractivity contribution >= 4 is 10.0 Å². The molecule has 0 amide bonds. The summed E-state index contributed by atoms with van der Waals surface area (Å²) < 4.78 is 61.8. The maximum absolute atomic E-state index is 12.4. The average Bonchev–Trinajstić information content (AvgIpc) is 2.66. The SMILES string of the molecule is Cc1[nH]nc(S(=O)(=O)N(C)CC(F)(F)F)c1CNC(C)C. The Bertz CT molecular complexity index is 581. The lowest BCUT2D eigenvalue weighted by molar-refractivity contribution is -0.134. The number of aromatic nitrogens is 2. The van der Waals surface area contributed by atoms with E-state index in [1.807, 2.05) is 13.8 Å². The third-order valence-electron chi connectivity index (χ3n) is 2.78. The Labute approximate surface area is 121 Å². The molecule has 1 rings (SSSR count). The van der Waals surface area contributed by atoms with Crippen LogP contribution in [-0.2, 0) is 16.6 Å². The van der Waals surface area contributed by atoms with Crippen LogP contribution in [0.1, 0.15) is 25.1 Å². The highest BCUT2D eigenvalue weighted by atomic mass is 32.2. The maximum atomic E-state index is 12.4. The van der Waals surface area contributed by atoms with Gasteiger partial charge in [-0.25, -0.2) is 8.42 Å². The summed E-state index contributed by atoms with van der Waals surface area (Å²) in [6, 6.07) is 0.0998. The minimum atomic E-state index is -4.61. The molecule has 0 unspecified atom stereocenters. The number of aromatic amines is 1. The molecule has 10 heteroatoms. The number of alkyl halides is 3. The number of halogens is 3. The molecule has 0 aromatic carbocycles. The number of hydrogen-bond donors (Lipinski definition) is 2. The van der Waals surface area contributed by atoms with E-state index in [4.69, 9.17) is 0 Å². The topological polar surface area (TPSA) is 78.1 Å². The van der Waals surface area contributed by atoms with Crippen LogP contribution in [-0.4, -0.2) is 48.7 Å². The summed E-state index contributed by atoms with van der Waals surface area (Å²) in [5, 5.41) is 8.81. The lowest BCUT2D eigenvalue weighted by Crippen LogP contribution is -2.36. The van der Waals surface area contributed by atoms with Gasteiger partial charge in [0.05, 0.1) is 0 Å². The van der Waals surface area contributed by atoms with Crippen molar-refractivity contribution in [2.75, 3.05) is 13.6 Å². The quantitative estimate of drug-likeness (QED) is 0.827. The first-order valence-corrected chi connectivity index (χ1v) is 7.69. The van der Waals surface area contributed by atoms with Crippen molar-refractivity contribution in [2.45, 2.75) is 44.6 Å². The fourth-order valence-electron chi connectivity index (χ4n) is 1.64. The normalized spacial score (nSPS) is 13.4. The fraction of sp³-hybridized carbons (Fsp3) is 0.727. The van der Waals surface area contributed by atoms with Gasteiger partial charge in [-0.1, -0.05) is 13.8 Å². The Morgan fingerprint density at radius 1 is 1.38 bits per heavy atom. The average molecular weight is 328 g/mol. The molecule has 21 heavy (non-hydrogen) atoms. The second kappa shape index (κ2) is 6.32. The molecule has 0 aliphatic rings. The van der Waals surface area contributed by atoms with Gasteiger partial charge in [-0.2, -0.15) is 22.6 Å². The Hall–Kier alpha value is -1.13. The van der Waals surface area contributed by atoms with Crippen LogP contribution in [0.5, 0.6) is 0 Å². The van der Waals surface area contributed by atoms with Crippen LogP contribution in [0.3, 0.4) is 0 Å². The maximum Gasteiger partial charge on any atom is 0.402 e. The van der Waals surface area contributed by atoms with E-state index in [9.17, 15) is 21.6 Å². The highest BCUT2D eigenvalue weighted by Gasteiger charge is 2.37. The number of rotatable bonds is 6. The molecule has 0 saturated carbocycles. The molecule has 1 aromatic heterocycles. The van der Waals surface area contributed by atoms with E-state index in [1.54, 1.807) is 6.92 Å². The van der Waals surface area contributed by atoms with Gasteiger partial charge in [0.15, 0.2) is 5.03 Å². The monoisotopic (exact) mass is 328 g/mol. The van der Waals surface area contributed by atoms with Crippen molar-refractivity contribution in [3.05, 3.63) is 11.3 Å². The van der Waals surface area contributed by atoms with E-state index in [1.165, 1.54) is 0 Å². The number of nitrogens with zero attached hydrogens (tertiary/aromatic N) is 2. The predicted octanol–water partition coefficient (Wildman–Crippen LogP) is 1.40. The van der Waals surface area contributed by atoms with E-state index < -0.39 is 22.7 Å². The first kappa shape index (κ1) is 17.9. The third-order valence-corrected chi connectivity index (χ3v) is 4.56. The second-order valence-electron chi connectivity index (χ2n) is 5.04. The molecule has 0 radical (unpaired) electrons. The van der Waals surface area contributed by atoms with Crippen LogP contribution in [0, 0.1) is 6.92 Å². The molecule has 0 aliphatic carbocycles. The molecular formula is C11H19F3N4O2S. The van der Waals surface area contributed by atoms with Gasteiger partial charge < -0.3 is 5.32 Å². The van der Waals surface area contributed by atoms with Gasteiger partial charge in [-0.05, 0) is 6.92 Å². The minimum absolute atomic E-state index is 0.0998. The number of sulfonamides is 1. The summed E-state index contributed by atoms with van der Waals surface area (Å²) in [5.74, 6) is 0. The van der Waals surface area contributed by atoms with Gasteiger partial charge in [0, 0.05) is 30.9 Å². The van der Waals surface area contributed by atoms with Crippen LogP contribution in [0.15, 0.2) is 5.03 Å². The molecular weight excluding hydrogens is 309 g/mol. The van der Waals surface area contributed by atoms with Crippen LogP contribution in [0.25, 0.3) is 0 Å². The largest absolute Gasteiger partial charge is 0.402 e. The van der Waals surface area contributed by atoms with Gasteiger partial charge in [-0.3, -0.25) is 5.10 Å². The Morgan fingerprint density at radius 3 is 2.43 bits per heavy atom. The van der Waals surface area contributed by atoms with Gasteiger partial charge in [0.25, 0.3) is 10.0 Å². The van der Waals surface area contributed by atoms with Gasteiger partial charge in [-0.15, -0.1) is 0 Å². The van der Waals surface area contributed by atoms with E-state index in [0.717, 1.165) is 7.05 Å². The highest BCUT2D eigenvalue weighted by Crippen LogP contribution is 2.23. The summed E-state index contributed by atoms with van der Waals surface area (Å²) in [5.41, 5.74) is 0.847. The van der Waals surface area contributed by atoms with Crippen molar-refractivity contribution in [1.82, 2.24) is 19.8 Å². The standard InChI is InChI=1S/C11H19F3N4O2S/c1-7(2)15-5-9-8(3)16-17-10(9)21(19,20)18(4)6-11(12,13)14/h7,15H,5-6H2,1-4H3,(H,16,17). The lowest BCUT2D eigenvalue weighted by atomic mass is 10.2. The number of hydrogen-bond acceptors (Lipinski definition) is 4. The summed E-state index contributed by atoms with van der Waals surface area (Å²) in [6.07, 6.45) is -4.61. The summed E-state index contributed by atoms with van der Waals surface area (Å²) in [6.45, 7) is 4.01. The third kappa shape index (κ3) is 4.68. The van der Waals surface area contributed by atoms with Crippen molar-refractivity contribution < 1.29 is 21.6 Å². The number of H-pyrrole nitrogens is 1. The van der Waals surface area contributed by atoms with Gasteiger partial charge >= 0.3 is 6.18 Å². The molecule has 0 fully saturated rings. The number of nitrogens with one attached hydrogen (secondary N) is 2. The molecule has 0 bridgehead atoms. The number of aryl methyl sites for hydroxylation is 1. The molecule has 2 N–H and O–H groups in total. The Kier molecular flexibility index (Phi) is 5.40. The van der Waals surface area contributed by atoms with E-state index in [0.29, 0.717) is 11.3 Å². The molecule has 122 valence electrons. The first-order valence-electron chi connectivity index (χ1n) is 6.25. The van der Waals surface area contributed by atoms with Crippen molar-refractivity contribution in [2.24, 2.45) is 0 Å². The molecule has 0 saturated heterocycles. The molecule has 6 nitrogen and oxygen atoms in total. The summed E-state index contributed by atoms with van der Waals surface area (Å²) in [7, 11) is -3.42. The predicted molar refractivity (Wildman–Crippen MR) is 71.2 cm³/mol. The van der Waals surface area contributed by atoms with E-state index in [-0.39, 0.29) is 21.9 Å². The molecule has 1 aromatic rings. The fourth-order valence-corrected chi connectivity index (χ4v) is 2.95. The Morgan fingerprint density at radius 2 is 1.95 bits per heavy atom. The summed E-state index contributed by atoms with van der Waals surface area (Å²) in [4.78, 5) is 0. The Balaban J connectivity index is 3.09. The smallest absolute Gasteiger partial charge is 0.310 e. The van der Waals surface area contributed by atoms with Gasteiger partial charge in [0.1, 0.15) is 6.54 Å². The molecule has 0 spiro atoms. The van der Waals surface area contributed by atoms with E-state index >= 15 is 0 Å². The van der Waals surface area contributed by atoms with Gasteiger partial charge in [0.2, 0.25) is 0 Å². The van der Waals surface area contributed by atoms with Crippen molar-refractivity contribution in [3.8, 4) is 0 Å². The van der Waals surface area contributed by atoms with Crippen LogP contribution in [0.4, 0.5) is 13.2 Å². The zero-order valence-corrected chi connectivity index (χ0v) is 13.1. The zero-order valence-electron chi connectivity index (χ0n) is 12.2. The summed E-state index contributed by atoms with van der Waals surface area (Å²) >= 11 is 0. The van der Waals surface area contributed by atoms with Crippen molar-refractivity contribution in [3.63, 3.8) is 0 Å². The highest BCUT2D eigenvalue weighted by molar-refractivity contribution is 7.89. The van der Waals surface area contributed by atoms with Crippen LogP contribution >= 0.6 is 0 Å². The molecule has 0 aliphatic heterocycles. The second-order valence-corrected chi connectivity index (χ2v) is 7.00. The molecule has 1 heterocycles. The first-order chi connectivity index (χ1) is 9.45. The van der Waals surface area contributed by atoms with Crippen LogP contribution < -0.4 is 5.32 Å². The minimum Gasteiger partial charge on any atom is -0.310 e.